The Morgan fingerprint density at radius 3 is 2.68 bits per heavy atom. The van der Waals surface area contributed by atoms with E-state index in [1.807, 2.05) is 62.5 Å². The number of hydrogen-bond acceptors (Lipinski definition) is 4. The van der Waals surface area contributed by atoms with Crippen molar-refractivity contribution in [3.8, 4) is 17.2 Å². The van der Waals surface area contributed by atoms with E-state index in [0.717, 1.165) is 50.0 Å². The van der Waals surface area contributed by atoms with Crippen molar-refractivity contribution in [2.75, 3.05) is 0 Å². The zero-order chi connectivity index (χ0) is 27.0. The van der Waals surface area contributed by atoms with Crippen LogP contribution in [0.25, 0.3) is 50.9 Å². The average molecular weight is 500 g/mol. The standard InChI is InChI=1S/C32H29N5O/c1-6-21-16-23(18-34-27(21)7-2)22-14-15-28-26(17-22)30-29(19-35-28)36(5)31(38)37(30)25-12-8-10-24(11-9-13-25)32(3,4)20-33/h6-10,12-19,24H,1-2,11H2,3-5H3/b10-8+,13-9-,25-12+. The Hall–Kier alpha value is -4.76. The van der Waals surface area contributed by atoms with E-state index < -0.39 is 5.41 Å². The molecule has 0 saturated carbocycles. The van der Waals surface area contributed by atoms with Gasteiger partial charge in [-0.15, -0.1) is 0 Å². The lowest BCUT2D eigenvalue weighted by Crippen LogP contribution is -2.22. The number of imidazole rings is 1. The van der Waals surface area contributed by atoms with Crippen LogP contribution in [0.3, 0.4) is 0 Å². The fraction of sp³-hybridized carbons (Fsp3) is 0.188. The molecule has 188 valence electrons. The minimum atomic E-state index is -0.481. The third-order valence-corrected chi connectivity index (χ3v) is 7.34. The third kappa shape index (κ3) is 4.12. The quantitative estimate of drug-likeness (QED) is 0.304. The van der Waals surface area contributed by atoms with E-state index in [1.165, 1.54) is 0 Å². The summed E-state index contributed by atoms with van der Waals surface area (Å²) in [6.45, 7) is 11.6. The van der Waals surface area contributed by atoms with Gasteiger partial charge in [-0.05, 0) is 68.2 Å². The van der Waals surface area contributed by atoms with Crippen LogP contribution in [0.1, 0.15) is 31.5 Å². The number of pyridine rings is 2. The van der Waals surface area contributed by atoms with Gasteiger partial charge in [-0.1, -0.05) is 43.5 Å². The third-order valence-electron chi connectivity index (χ3n) is 7.34. The molecule has 1 aromatic carbocycles. The lowest BCUT2D eigenvalue weighted by atomic mass is 9.77. The number of benzene rings is 1. The normalized spacial score (nSPS) is 18.7. The molecule has 1 aliphatic carbocycles. The molecule has 0 N–H and O–H groups in total. The number of hydrogen-bond donors (Lipinski definition) is 0. The first kappa shape index (κ1) is 24.9. The zero-order valence-electron chi connectivity index (χ0n) is 21.8. The zero-order valence-corrected chi connectivity index (χ0v) is 21.8. The van der Waals surface area contributed by atoms with Gasteiger partial charge < -0.3 is 0 Å². The van der Waals surface area contributed by atoms with E-state index in [1.54, 1.807) is 34.5 Å². The van der Waals surface area contributed by atoms with Gasteiger partial charge in [-0.25, -0.2) is 4.79 Å². The molecule has 5 rings (SSSR count). The van der Waals surface area contributed by atoms with E-state index >= 15 is 0 Å². The monoisotopic (exact) mass is 499 g/mol. The Labute approximate surface area is 221 Å². The Morgan fingerprint density at radius 1 is 1.13 bits per heavy atom. The maximum Gasteiger partial charge on any atom is 0.333 e. The van der Waals surface area contributed by atoms with Gasteiger partial charge >= 0.3 is 5.69 Å². The fourth-order valence-electron chi connectivity index (χ4n) is 4.93. The Morgan fingerprint density at radius 2 is 1.95 bits per heavy atom. The van der Waals surface area contributed by atoms with Crippen LogP contribution in [-0.4, -0.2) is 19.1 Å². The molecule has 0 saturated heterocycles. The SMILES string of the molecule is C=Cc1cc(-c2ccc3ncc4c(c3c2)n(C2=C/C=C/C(C(C)(C)C#N)C/C=C\2)c(=O)n4C)cnc1C=C. The maximum atomic E-state index is 13.5. The summed E-state index contributed by atoms with van der Waals surface area (Å²) in [5, 5.41) is 10.4. The molecule has 0 amide bonds. The fourth-order valence-corrected chi connectivity index (χ4v) is 4.93. The van der Waals surface area contributed by atoms with Crippen LogP contribution in [0, 0.1) is 22.7 Å². The largest absolute Gasteiger partial charge is 0.333 e. The van der Waals surface area contributed by atoms with Crippen LogP contribution in [0.5, 0.6) is 0 Å². The van der Waals surface area contributed by atoms with Crippen molar-refractivity contribution >= 4 is 39.8 Å². The smallest absolute Gasteiger partial charge is 0.293 e. The summed E-state index contributed by atoms with van der Waals surface area (Å²) in [4.78, 5) is 22.7. The number of aromatic nitrogens is 4. The van der Waals surface area contributed by atoms with Gasteiger partial charge in [-0.2, -0.15) is 5.26 Å². The summed E-state index contributed by atoms with van der Waals surface area (Å²) < 4.78 is 3.37. The number of fused-ring (bicyclic) bond motifs is 3. The van der Waals surface area contributed by atoms with Gasteiger partial charge in [0.1, 0.15) is 0 Å². The molecule has 3 heterocycles. The van der Waals surface area contributed by atoms with Gasteiger partial charge in [0.2, 0.25) is 0 Å². The molecule has 4 aromatic rings. The molecule has 6 heteroatoms. The first-order valence-corrected chi connectivity index (χ1v) is 12.5. The summed E-state index contributed by atoms with van der Waals surface area (Å²) in [7, 11) is 1.77. The van der Waals surface area contributed by atoms with E-state index in [9.17, 15) is 10.1 Å². The highest BCUT2D eigenvalue weighted by molar-refractivity contribution is 6.05. The Bertz CT molecular complexity index is 1800. The molecule has 1 unspecified atom stereocenters. The summed E-state index contributed by atoms with van der Waals surface area (Å²) in [6.07, 6.45) is 17.7. The van der Waals surface area contributed by atoms with Gasteiger partial charge in [0.05, 0.1) is 45.6 Å². The van der Waals surface area contributed by atoms with Crippen LogP contribution in [0.4, 0.5) is 0 Å². The highest BCUT2D eigenvalue weighted by atomic mass is 16.1. The van der Waals surface area contributed by atoms with Crippen LogP contribution in [0.2, 0.25) is 0 Å². The number of nitriles is 1. The molecule has 0 fully saturated rings. The molecule has 0 spiro atoms. The molecule has 0 aliphatic heterocycles. The Kier molecular flexibility index (Phi) is 6.30. The predicted octanol–water partition coefficient (Wildman–Crippen LogP) is 6.76. The van der Waals surface area contributed by atoms with Crippen molar-refractivity contribution in [2.45, 2.75) is 20.3 Å². The van der Waals surface area contributed by atoms with Crippen molar-refractivity contribution in [1.82, 2.24) is 19.1 Å². The van der Waals surface area contributed by atoms with Crippen molar-refractivity contribution in [3.05, 3.63) is 102 Å². The van der Waals surface area contributed by atoms with Crippen LogP contribution < -0.4 is 5.69 Å². The molecule has 1 atom stereocenters. The minimum Gasteiger partial charge on any atom is -0.293 e. The van der Waals surface area contributed by atoms with Crippen LogP contribution >= 0.6 is 0 Å². The summed E-state index contributed by atoms with van der Waals surface area (Å²) in [5.41, 5.74) is 6.05. The number of aryl methyl sites for hydroxylation is 1. The lowest BCUT2D eigenvalue weighted by Gasteiger charge is -2.24. The summed E-state index contributed by atoms with van der Waals surface area (Å²) in [5.74, 6) is 0.0833. The van der Waals surface area contributed by atoms with E-state index in [-0.39, 0.29) is 11.6 Å². The minimum absolute atomic E-state index is 0.0833. The Balaban J connectivity index is 1.72. The van der Waals surface area contributed by atoms with Gasteiger partial charge in [0.15, 0.2) is 0 Å². The molecule has 1 aliphatic rings. The molecule has 6 nitrogen and oxygen atoms in total. The van der Waals surface area contributed by atoms with Crippen molar-refractivity contribution in [1.29, 1.82) is 5.26 Å². The molecular weight excluding hydrogens is 470 g/mol. The topological polar surface area (TPSA) is 76.5 Å². The van der Waals surface area contributed by atoms with Gasteiger partial charge in [0.25, 0.3) is 0 Å². The second-order valence-electron chi connectivity index (χ2n) is 10.1. The van der Waals surface area contributed by atoms with Crippen molar-refractivity contribution < 1.29 is 0 Å². The number of rotatable bonds is 5. The highest BCUT2D eigenvalue weighted by Gasteiger charge is 2.27. The summed E-state index contributed by atoms with van der Waals surface area (Å²) >= 11 is 0. The number of allylic oxidation sites excluding steroid dienone is 6. The molecule has 3 aromatic heterocycles. The van der Waals surface area contributed by atoms with E-state index in [0.29, 0.717) is 6.42 Å². The first-order valence-electron chi connectivity index (χ1n) is 12.5. The molecular formula is C32H29N5O. The number of nitrogens with zero attached hydrogens (tertiary/aromatic N) is 5. The van der Waals surface area contributed by atoms with E-state index in [4.69, 9.17) is 0 Å². The average Bonchev–Trinajstić information content (AvgIpc) is 3.17. The van der Waals surface area contributed by atoms with Crippen molar-refractivity contribution in [2.24, 2.45) is 18.4 Å². The lowest BCUT2D eigenvalue weighted by molar-refractivity contribution is 0.357. The van der Waals surface area contributed by atoms with Crippen molar-refractivity contribution in [3.63, 3.8) is 0 Å². The predicted molar refractivity (Wildman–Crippen MR) is 156 cm³/mol. The van der Waals surface area contributed by atoms with Gasteiger partial charge in [-0.3, -0.25) is 19.1 Å². The second kappa shape index (κ2) is 9.60. The molecule has 38 heavy (non-hydrogen) atoms. The van der Waals surface area contributed by atoms with Crippen LogP contribution in [-0.2, 0) is 7.05 Å². The first-order chi connectivity index (χ1) is 18.3. The highest BCUT2D eigenvalue weighted by Crippen LogP contribution is 2.33. The summed E-state index contributed by atoms with van der Waals surface area (Å²) in [6, 6.07) is 10.5. The second-order valence-corrected chi connectivity index (χ2v) is 10.1. The molecule has 0 bridgehead atoms. The van der Waals surface area contributed by atoms with Crippen LogP contribution in [0.15, 0.2) is 85.0 Å². The molecule has 0 radical (unpaired) electrons. The maximum absolute atomic E-state index is 13.5. The van der Waals surface area contributed by atoms with Gasteiger partial charge in [0, 0.05) is 29.8 Å². The van der Waals surface area contributed by atoms with E-state index in [2.05, 4.69) is 41.3 Å².